The summed E-state index contributed by atoms with van der Waals surface area (Å²) in [4.78, 5) is 4.43. The van der Waals surface area contributed by atoms with Gasteiger partial charge in [-0.25, -0.2) is 0 Å². The lowest BCUT2D eigenvalue weighted by atomic mass is 9.88. The second kappa shape index (κ2) is 6.30. The number of nitrogens with two attached hydrogens (primary N) is 1. The minimum Gasteiger partial charge on any atom is -0.326 e. The molecule has 0 saturated carbocycles. The molecule has 18 heavy (non-hydrogen) atoms. The molecule has 0 spiro atoms. The first kappa shape index (κ1) is 15.1. The molecule has 3 N–H and O–H groups in total. The van der Waals surface area contributed by atoms with Crippen LogP contribution in [0.2, 0.25) is 0 Å². The summed E-state index contributed by atoms with van der Waals surface area (Å²) in [5.41, 5.74) is 7.10. The van der Waals surface area contributed by atoms with Crippen molar-refractivity contribution in [2.24, 2.45) is 5.73 Å². The Morgan fingerprint density at radius 3 is 2.50 bits per heavy atom. The van der Waals surface area contributed by atoms with Crippen LogP contribution in [0, 0.1) is 0 Å². The quantitative estimate of drug-likeness (QED) is 0.730. The summed E-state index contributed by atoms with van der Waals surface area (Å²) < 4.78 is 0. The molecule has 0 atom stereocenters. The van der Waals surface area contributed by atoms with Gasteiger partial charge in [0, 0.05) is 29.4 Å². The van der Waals surface area contributed by atoms with Crippen LogP contribution in [0.15, 0.2) is 24.4 Å². The van der Waals surface area contributed by atoms with Crippen LogP contribution in [0.1, 0.15) is 46.2 Å². The van der Waals surface area contributed by atoms with Crippen molar-refractivity contribution in [1.82, 2.24) is 10.3 Å². The second-order valence-corrected chi connectivity index (χ2v) is 6.37. The highest BCUT2D eigenvalue weighted by atomic mass is 14.9. The Morgan fingerprint density at radius 1 is 1.22 bits per heavy atom. The van der Waals surface area contributed by atoms with Gasteiger partial charge in [-0.2, -0.15) is 0 Å². The maximum absolute atomic E-state index is 5.96. The summed E-state index contributed by atoms with van der Waals surface area (Å²) in [7, 11) is 0. The van der Waals surface area contributed by atoms with E-state index in [-0.39, 0.29) is 11.0 Å². The van der Waals surface area contributed by atoms with E-state index in [1.54, 1.807) is 0 Å². The lowest BCUT2D eigenvalue weighted by Gasteiger charge is -2.25. The Hall–Kier alpha value is -0.930. The van der Waals surface area contributed by atoms with Crippen LogP contribution in [0.25, 0.3) is 0 Å². The standard InChI is InChI=1S/C15H27N3/c1-14(2,13-8-5-6-11-18-13)12-17-10-7-9-15(3,4)16/h5-6,8,11,17H,7,9-10,12,16H2,1-4H3. The minimum absolute atomic E-state index is 0.0574. The van der Waals surface area contributed by atoms with Gasteiger partial charge < -0.3 is 11.1 Å². The van der Waals surface area contributed by atoms with E-state index in [1.807, 2.05) is 18.3 Å². The third kappa shape index (κ3) is 5.61. The maximum atomic E-state index is 5.96. The lowest BCUT2D eigenvalue weighted by Crippen LogP contribution is -2.36. The van der Waals surface area contributed by atoms with Gasteiger partial charge in [-0.1, -0.05) is 19.9 Å². The van der Waals surface area contributed by atoms with Gasteiger partial charge in [0.1, 0.15) is 0 Å². The van der Waals surface area contributed by atoms with Crippen molar-refractivity contribution in [1.29, 1.82) is 0 Å². The number of hydrogen-bond acceptors (Lipinski definition) is 3. The van der Waals surface area contributed by atoms with Gasteiger partial charge in [0.15, 0.2) is 0 Å². The molecule has 0 aromatic carbocycles. The molecule has 1 heterocycles. The molecule has 1 aromatic rings. The third-order valence-electron chi connectivity index (χ3n) is 3.10. The highest BCUT2D eigenvalue weighted by Crippen LogP contribution is 2.19. The van der Waals surface area contributed by atoms with Crippen LogP contribution in [-0.4, -0.2) is 23.6 Å². The number of aromatic nitrogens is 1. The molecule has 0 saturated heterocycles. The molecule has 0 aliphatic heterocycles. The van der Waals surface area contributed by atoms with Crippen LogP contribution < -0.4 is 11.1 Å². The van der Waals surface area contributed by atoms with Crippen molar-refractivity contribution in [3.8, 4) is 0 Å². The molecule has 0 unspecified atom stereocenters. The number of nitrogens with one attached hydrogen (secondary N) is 1. The van der Waals surface area contributed by atoms with Crippen molar-refractivity contribution < 1.29 is 0 Å². The van der Waals surface area contributed by atoms with E-state index >= 15 is 0 Å². The fourth-order valence-corrected chi connectivity index (χ4v) is 1.92. The molecule has 1 rings (SSSR count). The molecular weight excluding hydrogens is 222 g/mol. The maximum Gasteiger partial charge on any atom is 0.0472 e. The first-order valence-electron chi connectivity index (χ1n) is 6.72. The number of hydrogen-bond donors (Lipinski definition) is 2. The van der Waals surface area contributed by atoms with Gasteiger partial charge in [-0.05, 0) is 45.4 Å². The van der Waals surface area contributed by atoms with E-state index in [9.17, 15) is 0 Å². The molecular formula is C15H27N3. The molecule has 102 valence electrons. The van der Waals surface area contributed by atoms with E-state index in [1.165, 1.54) is 0 Å². The third-order valence-corrected chi connectivity index (χ3v) is 3.10. The van der Waals surface area contributed by atoms with Gasteiger partial charge in [0.2, 0.25) is 0 Å². The van der Waals surface area contributed by atoms with Crippen LogP contribution >= 0.6 is 0 Å². The largest absolute Gasteiger partial charge is 0.326 e. The van der Waals surface area contributed by atoms with Gasteiger partial charge >= 0.3 is 0 Å². The fourth-order valence-electron chi connectivity index (χ4n) is 1.92. The summed E-state index contributed by atoms with van der Waals surface area (Å²) in [5, 5.41) is 3.50. The Labute approximate surface area is 111 Å². The summed E-state index contributed by atoms with van der Waals surface area (Å²) in [6, 6.07) is 6.09. The molecule has 0 aliphatic rings. The summed E-state index contributed by atoms with van der Waals surface area (Å²) >= 11 is 0. The number of pyridine rings is 1. The summed E-state index contributed by atoms with van der Waals surface area (Å²) in [6.07, 6.45) is 4.01. The average Bonchev–Trinajstić information content (AvgIpc) is 2.28. The first-order chi connectivity index (χ1) is 8.31. The highest BCUT2D eigenvalue weighted by Gasteiger charge is 2.21. The Kier molecular flexibility index (Phi) is 5.29. The Bertz CT molecular complexity index is 339. The highest BCUT2D eigenvalue weighted by molar-refractivity contribution is 5.14. The van der Waals surface area contributed by atoms with E-state index in [0.717, 1.165) is 31.6 Å². The van der Waals surface area contributed by atoms with Crippen molar-refractivity contribution in [2.45, 2.75) is 51.5 Å². The normalized spacial score (nSPS) is 12.7. The zero-order chi connectivity index (χ0) is 13.6. The first-order valence-corrected chi connectivity index (χ1v) is 6.72. The predicted octanol–water partition coefficient (Wildman–Crippen LogP) is 2.47. The predicted molar refractivity (Wildman–Crippen MR) is 77.6 cm³/mol. The summed E-state index contributed by atoms with van der Waals surface area (Å²) in [6.45, 7) is 10.5. The minimum atomic E-state index is -0.0574. The van der Waals surface area contributed by atoms with Crippen LogP contribution in [-0.2, 0) is 5.41 Å². The average molecular weight is 249 g/mol. The smallest absolute Gasteiger partial charge is 0.0472 e. The molecule has 3 nitrogen and oxygen atoms in total. The monoisotopic (exact) mass is 249 g/mol. The van der Waals surface area contributed by atoms with E-state index in [2.05, 4.69) is 44.1 Å². The van der Waals surface area contributed by atoms with Gasteiger partial charge in [-0.15, -0.1) is 0 Å². The number of rotatable bonds is 7. The summed E-state index contributed by atoms with van der Waals surface area (Å²) in [5.74, 6) is 0. The van der Waals surface area contributed by atoms with Crippen molar-refractivity contribution in [2.75, 3.05) is 13.1 Å². The zero-order valence-electron chi connectivity index (χ0n) is 12.2. The van der Waals surface area contributed by atoms with Gasteiger partial charge in [0.05, 0.1) is 0 Å². The molecule has 0 amide bonds. The van der Waals surface area contributed by atoms with Gasteiger partial charge in [0.25, 0.3) is 0 Å². The van der Waals surface area contributed by atoms with Crippen LogP contribution in [0.3, 0.4) is 0 Å². The Morgan fingerprint density at radius 2 is 1.94 bits per heavy atom. The van der Waals surface area contributed by atoms with E-state index < -0.39 is 0 Å². The van der Waals surface area contributed by atoms with Crippen LogP contribution in [0.5, 0.6) is 0 Å². The SMILES string of the molecule is CC(C)(N)CCCNCC(C)(C)c1ccccn1. The zero-order valence-corrected chi connectivity index (χ0v) is 12.2. The van der Waals surface area contributed by atoms with Crippen molar-refractivity contribution in [3.05, 3.63) is 30.1 Å². The molecule has 3 heteroatoms. The molecule has 0 radical (unpaired) electrons. The number of nitrogens with zero attached hydrogens (tertiary/aromatic N) is 1. The molecule has 0 fully saturated rings. The molecule has 0 aliphatic carbocycles. The van der Waals surface area contributed by atoms with Crippen LogP contribution in [0.4, 0.5) is 0 Å². The van der Waals surface area contributed by atoms with E-state index in [4.69, 9.17) is 5.73 Å². The molecule has 0 bridgehead atoms. The van der Waals surface area contributed by atoms with Crippen molar-refractivity contribution in [3.63, 3.8) is 0 Å². The van der Waals surface area contributed by atoms with Crippen molar-refractivity contribution >= 4 is 0 Å². The topological polar surface area (TPSA) is 50.9 Å². The van der Waals surface area contributed by atoms with E-state index in [0.29, 0.717) is 0 Å². The Balaban J connectivity index is 2.30. The lowest BCUT2D eigenvalue weighted by molar-refractivity contribution is 0.420. The van der Waals surface area contributed by atoms with Gasteiger partial charge in [-0.3, -0.25) is 4.98 Å². The fraction of sp³-hybridized carbons (Fsp3) is 0.667. The second-order valence-electron chi connectivity index (χ2n) is 6.37. The molecule has 1 aromatic heterocycles.